The molecule has 0 spiro atoms. The second-order valence-corrected chi connectivity index (χ2v) is 19.6. The van der Waals surface area contributed by atoms with E-state index in [1.165, 1.54) is 65.4 Å². The lowest BCUT2D eigenvalue weighted by Gasteiger charge is -2.33. The second-order valence-electron chi connectivity index (χ2n) is 17.6. The van der Waals surface area contributed by atoms with Crippen LogP contribution in [0.15, 0.2) is 62.4 Å². The monoisotopic (exact) mass is 933 g/mol. The van der Waals surface area contributed by atoms with Crippen molar-refractivity contribution in [2.45, 2.75) is 89.7 Å². The van der Waals surface area contributed by atoms with Gasteiger partial charge < -0.3 is 53.3 Å². The van der Waals surface area contributed by atoms with E-state index in [1.54, 1.807) is 19.1 Å². The third-order valence-electron chi connectivity index (χ3n) is 12.5. The number of amides is 1. The number of fused-ring (bicyclic) bond motifs is 9. The summed E-state index contributed by atoms with van der Waals surface area (Å²) in [5.74, 6) is -6.56. The molecule has 354 valence electrons. The molecule has 19 heteroatoms. The largest absolute Gasteiger partial charge is 0.505 e. The SMILES string of the molecule is CO[C@H]1/C=C/O[C@@]2(C)Oc3c(C)c(=O)c4c(O)c(c5oc6cc(OCCN(C)C)cc(S(C)(=O)=O)c6nc5c4c3C2=O)NC(=O)/C(C)=C\C=C\[C@H](C)[C@@H]2O[C@H]([C@H](O)[C@@H]2C)[C@H](OC(C)=O)[C@@H]1C. The first-order valence-corrected chi connectivity index (χ1v) is 23.3. The molecule has 18 nitrogen and oxygen atoms in total. The van der Waals surface area contributed by atoms with Crippen LogP contribution in [0.5, 0.6) is 17.2 Å². The number of nitrogens with zero attached hydrogens (tertiary/aromatic N) is 2. The summed E-state index contributed by atoms with van der Waals surface area (Å²) in [5.41, 5.74) is -2.26. The summed E-state index contributed by atoms with van der Waals surface area (Å²) in [4.78, 5) is 62.1. The number of aliphatic hydroxyl groups excluding tert-OH is 1. The Morgan fingerprint density at radius 3 is 2.39 bits per heavy atom. The van der Waals surface area contributed by atoms with Crippen LogP contribution in [0, 0.1) is 24.7 Å². The number of rotatable bonds is 7. The third kappa shape index (κ3) is 8.65. The summed E-state index contributed by atoms with van der Waals surface area (Å²) in [6, 6.07) is 2.70. The molecule has 7 bridgehead atoms. The van der Waals surface area contributed by atoms with Crippen LogP contribution in [-0.4, -0.2) is 123 Å². The molecule has 1 saturated heterocycles. The molecule has 8 rings (SSSR count). The zero-order valence-electron chi connectivity index (χ0n) is 38.6. The first-order chi connectivity index (χ1) is 31.0. The van der Waals surface area contributed by atoms with Crippen molar-refractivity contribution in [3.05, 3.63) is 69.6 Å². The second kappa shape index (κ2) is 18.1. The maximum atomic E-state index is 14.8. The number of phenols is 1. The van der Waals surface area contributed by atoms with E-state index in [9.17, 15) is 37.8 Å². The number of anilines is 1. The first kappa shape index (κ1) is 48.1. The number of allylic oxidation sites excluding steroid dienone is 2. The average molecular weight is 934 g/mol. The number of carbonyl (C=O) groups excluding carboxylic acids is 3. The quantitative estimate of drug-likeness (QED) is 0.0944. The number of carbonyl (C=O) groups is 3. The van der Waals surface area contributed by atoms with Crippen LogP contribution in [0.2, 0.25) is 0 Å². The van der Waals surface area contributed by atoms with Crippen molar-refractivity contribution in [1.29, 1.82) is 0 Å². The molecule has 0 saturated carbocycles. The fourth-order valence-electron chi connectivity index (χ4n) is 8.74. The van der Waals surface area contributed by atoms with Gasteiger partial charge in [-0.15, -0.1) is 0 Å². The van der Waals surface area contributed by atoms with Crippen LogP contribution in [-0.2, 0) is 38.4 Å². The zero-order chi connectivity index (χ0) is 48.3. The van der Waals surface area contributed by atoms with Gasteiger partial charge in [-0.2, -0.15) is 0 Å². The van der Waals surface area contributed by atoms with Gasteiger partial charge in [0.05, 0.1) is 40.4 Å². The predicted octanol–water partition coefficient (Wildman–Crippen LogP) is 5.11. The minimum absolute atomic E-state index is 0.0943. The maximum Gasteiger partial charge on any atom is 0.312 e. The summed E-state index contributed by atoms with van der Waals surface area (Å²) in [6.45, 7) is 11.6. The number of esters is 1. The number of phenolic OH excluding ortho intramolecular Hbond substituents is 1. The van der Waals surface area contributed by atoms with Gasteiger partial charge in [-0.25, -0.2) is 13.4 Å². The topological polar surface area (TPSA) is 240 Å². The lowest BCUT2D eigenvalue weighted by molar-refractivity contribution is -0.168. The minimum Gasteiger partial charge on any atom is -0.505 e. The number of aliphatic hydroxyl groups is 1. The molecule has 0 radical (unpaired) electrons. The van der Waals surface area contributed by atoms with E-state index in [1.807, 2.05) is 32.8 Å². The molecule has 5 heterocycles. The Morgan fingerprint density at radius 1 is 1.03 bits per heavy atom. The molecule has 3 aromatic carbocycles. The van der Waals surface area contributed by atoms with Crippen molar-refractivity contribution in [3.63, 3.8) is 0 Å². The first-order valence-electron chi connectivity index (χ1n) is 21.4. The van der Waals surface area contributed by atoms with E-state index >= 15 is 0 Å². The number of aromatic nitrogens is 1. The van der Waals surface area contributed by atoms with Gasteiger partial charge in [0.15, 0.2) is 32.2 Å². The average Bonchev–Trinajstić information content (AvgIpc) is 3.69. The molecular formula is C47H55N3O15S. The molecule has 4 aliphatic rings. The number of likely N-dealkylation sites (N-methyl/N-ethyl adjacent to an activating group) is 1. The highest BCUT2D eigenvalue weighted by molar-refractivity contribution is 7.91. The summed E-state index contributed by atoms with van der Waals surface area (Å²) in [7, 11) is 1.05. The highest BCUT2D eigenvalue weighted by Crippen LogP contribution is 2.49. The van der Waals surface area contributed by atoms with Gasteiger partial charge in [-0.1, -0.05) is 39.0 Å². The summed E-state index contributed by atoms with van der Waals surface area (Å²) in [5, 5.41) is 25.6. The molecule has 0 aliphatic carbocycles. The van der Waals surface area contributed by atoms with Gasteiger partial charge >= 0.3 is 11.8 Å². The maximum absolute atomic E-state index is 14.8. The summed E-state index contributed by atoms with van der Waals surface area (Å²) < 4.78 is 69.4. The zero-order valence-corrected chi connectivity index (χ0v) is 39.4. The normalized spacial score (nSPS) is 29.0. The van der Waals surface area contributed by atoms with Gasteiger partial charge in [0.25, 0.3) is 11.7 Å². The standard InChI is InChI=1S/C47H55N3O15S/c1-21-13-12-14-22(2)46(56)49-36-39(54)32-31(35-43(36)63-29-19-27(60-18-16-50(8)9)20-30(34(29)48-35)66(11,57)58)33-41(24(4)37(32)52)65-47(7,45(33)55)61-17-15-28(59-10)23(3)42(62-26(6)51)44-38(53)25(5)40(21)64-44/h12-15,17,19-21,23,25,28,38,40,42,44,53-54H,16,18H2,1-11H3,(H,49,56)/b13-12+,17-15+,22-14-/t21-,23+,25-,28-,38+,40-,42+,44+,47-/m0/s1. The fraction of sp³-hybridized carbons (Fsp3) is 0.468. The summed E-state index contributed by atoms with van der Waals surface area (Å²) >= 11 is 0. The molecule has 1 fully saturated rings. The Hall–Kier alpha value is -5.86. The van der Waals surface area contributed by atoms with E-state index in [4.69, 9.17) is 37.8 Å². The Morgan fingerprint density at radius 2 is 1.74 bits per heavy atom. The van der Waals surface area contributed by atoms with E-state index in [0.29, 0.717) is 6.54 Å². The molecule has 1 aromatic heterocycles. The number of benzene rings is 3. The number of aromatic hydroxyl groups is 1. The molecule has 1 amide bonds. The highest BCUT2D eigenvalue weighted by Gasteiger charge is 2.51. The number of ketones is 1. The number of sulfone groups is 1. The van der Waals surface area contributed by atoms with E-state index in [-0.39, 0.29) is 78.9 Å². The van der Waals surface area contributed by atoms with Crippen molar-refractivity contribution in [2.24, 2.45) is 17.8 Å². The predicted molar refractivity (Wildman–Crippen MR) is 242 cm³/mol. The smallest absolute Gasteiger partial charge is 0.312 e. The van der Waals surface area contributed by atoms with Gasteiger partial charge in [-0.05, 0) is 34.0 Å². The molecule has 4 aliphatic heterocycles. The molecular weight excluding hydrogens is 879 g/mol. The molecule has 3 N–H and O–H groups in total. The minimum atomic E-state index is -4.06. The van der Waals surface area contributed by atoms with Crippen molar-refractivity contribution >= 4 is 66.2 Å². The van der Waals surface area contributed by atoms with Crippen LogP contribution in [0.3, 0.4) is 0 Å². The van der Waals surface area contributed by atoms with E-state index < -0.39 is 92.2 Å². The Balaban J connectivity index is 1.49. The van der Waals surface area contributed by atoms with Crippen LogP contribution in [0.1, 0.15) is 57.5 Å². The van der Waals surface area contributed by atoms with Crippen LogP contribution < -0.4 is 20.2 Å². The van der Waals surface area contributed by atoms with Crippen molar-refractivity contribution in [2.75, 3.05) is 45.9 Å². The van der Waals surface area contributed by atoms with E-state index in [0.717, 1.165) is 6.26 Å². The number of methoxy groups -OCH3 is 1. The van der Waals surface area contributed by atoms with Crippen molar-refractivity contribution in [3.8, 4) is 17.2 Å². The number of nitrogens with one attached hydrogen (secondary N) is 1. The Kier molecular flexibility index (Phi) is 13.2. The molecule has 9 atom stereocenters. The molecule has 4 aromatic rings. The van der Waals surface area contributed by atoms with Crippen LogP contribution in [0.25, 0.3) is 33.0 Å². The summed E-state index contributed by atoms with van der Waals surface area (Å²) in [6.07, 6.45) is 4.13. The Bertz CT molecular complexity index is 2920. The van der Waals surface area contributed by atoms with Crippen LogP contribution >= 0.6 is 0 Å². The lowest BCUT2D eigenvalue weighted by Crippen LogP contribution is -2.46. The Labute approximate surface area is 381 Å². The van der Waals surface area contributed by atoms with Crippen molar-refractivity contribution < 1.29 is 65.9 Å². The fourth-order valence-corrected chi connectivity index (χ4v) is 9.57. The van der Waals surface area contributed by atoms with Gasteiger partial charge in [0.1, 0.15) is 47.0 Å². The number of hydrogen-bond donors (Lipinski definition) is 3. The highest BCUT2D eigenvalue weighted by atomic mass is 32.2. The third-order valence-corrected chi connectivity index (χ3v) is 13.6. The number of Topliss-reactive ketones (excluding diaryl/α,β-unsaturated/α-hetero) is 1. The van der Waals surface area contributed by atoms with Crippen LogP contribution in [0.4, 0.5) is 5.69 Å². The molecule has 0 unspecified atom stereocenters. The van der Waals surface area contributed by atoms with Crippen molar-refractivity contribution in [1.82, 2.24) is 9.88 Å². The van der Waals surface area contributed by atoms with Gasteiger partial charge in [-0.3, -0.25) is 19.2 Å². The van der Waals surface area contributed by atoms with Gasteiger partial charge in [0, 0.05) is 80.2 Å². The van der Waals surface area contributed by atoms with Gasteiger partial charge in [0.2, 0.25) is 0 Å². The molecule has 66 heavy (non-hydrogen) atoms. The number of ether oxygens (including phenoxy) is 6. The number of hydrogen-bond acceptors (Lipinski definition) is 17. The van der Waals surface area contributed by atoms with E-state index in [2.05, 4.69) is 5.32 Å². The lowest BCUT2D eigenvalue weighted by atomic mass is 9.86.